The van der Waals surface area contributed by atoms with Crippen molar-refractivity contribution in [3.63, 3.8) is 0 Å². The molecule has 3 saturated heterocycles. The molecular weight excluding hydrogens is 887 g/mol. The van der Waals surface area contributed by atoms with Gasteiger partial charge >= 0.3 is 11.9 Å². The van der Waals surface area contributed by atoms with Gasteiger partial charge in [-0.05, 0) is 39.7 Å². The van der Waals surface area contributed by atoms with Crippen molar-refractivity contribution in [3.8, 4) is 17.2 Å². The van der Waals surface area contributed by atoms with Crippen LogP contribution in [0, 0.1) is 36.5 Å². The number of methoxy groups -OCH3 is 1. The van der Waals surface area contributed by atoms with E-state index in [1.54, 1.807) is 44.1 Å². The van der Waals surface area contributed by atoms with Gasteiger partial charge in [-0.15, -0.1) is 0 Å². The first-order chi connectivity index (χ1) is 32.6. The van der Waals surface area contributed by atoms with Crippen molar-refractivity contribution < 1.29 is 57.8 Å². The zero-order chi connectivity index (χ0) is 49.9. The van der Waals surface area contributed by atoms with Crippen LogP contribution in [0.3, 0.4) is 0 Å². The first kappa shape index (κ1) is 50.3. The van der Waals surface area contributed by atoms with Crippen LogP contribution in [-0.2, 0) is 33.2 Å². The van der Waals surface area contributed by atoms with Gasteiger partial charge in [0.05, 0.1) is 54.4 Å². The number of carbonyl (C=O) groups excluding carboxylic acids is 3. The van der Waals surface area contributed by atoms with Crippen molar-refractivity contribution in [1.82, 2.24) is 9.80 Å². The lowest BCUT2D eigenvalue weighted by Crippen LogP contribution is -2.57. The van der Waals surface area contributed by atoms with E-state index in [1.165, 1.54) is 13.2 Å². The number of benzene rings is 2. The number of amides is 2. The first-order valence-corrected chi connectivity index (χ1v) is 24.5. The Hall–Kier alpha value is -5.07. The van der Waals surface area contributed by atoms with Gasteiger partial charge in [0.15, 0.2) is 11.5 Å². The fraction of sp³-hybridized carbons (Fsp3) is 0.635. The van der Waals surface area contributed by atoms with Gasteiger partial charge in [0.2, 0.25) is 0 Å². The molecule has 0 unspecified atom stereocenters. The molecule has 69 heavy (non-hydrogen) atoms. The number of phenols is 2. The molecule has 3 fully saturated rings. The van der Waals surface area contributed by atoms with Crippen LogP contribution in [0.15, 0.2) is 46.1 Å². The molecule has 9 atom stereocenters. The summed E-state index contributed by atoms with van der Waals surface area (Å²) in [6.07, 6.45) is 6.91. The molecule has 17 nitrogen and oxygen atoms in total. The number of hydrogen-bond acceptors (Lipinski definition) is 15. The summed E-state index contributed by atoms with van der Waals surface area (Å²) >= 11 is 0. The van der Waals surface area contributed by atoms with Crippen LogP contribution in [-0.4, -0.2) is 132 Å². The topological polar surface area (TPSA) is 200 Å². The number of likely N-dealkylation sites (tertiary alicyclic amines) is 1. The van der Waals surface area contributed by atoms with Crippen molar-refractivity contribution in [1.29, 1.82) is 0 Å². The second kappa shape index (κ2) is 19.3. The number of Topliss-reactive ketones (excluding diaryl/α,β-unsaturated/α-hetero) is 1. The molecule has 7 heterocycles. The molecule has 0 aromatic heterocycles. The molecule has 0 aliphatic carbocycles. The van der Waals surface area contributed by atoms with E-state index in [0.29, 0.717) is 50.8 Å². The van der Waals surface area contributed by atoms with Gasteiger partial charge in [0, 0.05) is 99.8 Å². The molecule has 2 amide bonds. The highest BCUT2D eigenvalue weighted by atomic mass is 16.7. The van der Waals surface area contributed by atoms with Crippen LogP contribution < -0.4 is 20.8 Å². The predicted octanol–water partition coefficient (Wildman–Crippen LogP) is 6.45. The van der Waals surface area contributed by atoms with Crippen molar-refractivity contribution in [2.24, 2.45) is 39.6 Å². The predicted molar refractivity (Wildman–Crippen MR) is 257 cm³/mol. The molecule has 7 aliphatic heterocycles. The normalized spacial score (nSPS) is 33.2. The third kappa shape index (κ3) is 9.49. The molecule has 7 bridgehead atoms. The van der Waals surface area contributed by atoms with Crippen molar-refractivity contribution in [2.75, 3.05) is 58.4 Å². The second-order valence-corrected chi connectivity index (χ2v) is 20.9. The Morgan fingerprint density at radius 2 is 1.59 bits per heavy atom. The number of ether oxygens (including phenoxy) is 7. The summed E-state index contributed by atoms with van der Waals surface area (Å²) in [4.78, 5) is 56.8. The van der Waals surface area contributed by atoms with E-state index >= 15 is 0 Å². The third-order valence-electron chi connectivity index (χ3n) is 14.9. The van der Waals surface area contributed by atoms with Crippen molar-refractivity contribution in [3.05, 3.63) is 58.0 Å². The highest BCUT2D eigenvalue weighted by Crippen LogP contribution is 2.51. The first-order valence-electron chi connectivity index (χ1n) is 24.5. The number of ketones is 1. The number of anilines is 1. The van der Waals surface area contributed by atoms with Gasteiger partial charge in [0.1, 0.15) is 34.0 Å². The molecule has 3 N–H and O–H groups in total. The molecule has 376 valence electrons. The average molecular weight is 958 g/mol. The number of piperidine rings is 1. The summed E-state index contributed by atoms with van der Waals surface area (Å²) in [5.74, 6) is -5.69. The lowest BCUT2D eigenvalue weighted by atomic mass is 9.77. The SMILES string of the molecule is CO[C@H]1/C=C/O[C@@]2(C)Oc3c(C)c(O)c4c(O)c(c5c(c4c3C2=O)NC2(CCN(CC(C)C)CC2)N=5)=NC(=O)/C(C)=C\C=C\[C@H](C)[C@@H]2OC(C)(C)O[C@@H]([C@@H](C)[C@H](OC(=O)N3CCOCC3)[C@@H]1C)[C@@H]2C. The van der Waals surface area contributed by atoms with E-state index in [0.717, 1.165) is 19.6 Å². The van der Waals surface area contributed by atoms with E-state index in [9.17, 15) is 24.6 Å². The minimum atomic E-state index is -1.94. The number of morpholine rings is 1. The average Bonchev–Trinajstić information content (AvgIpc) is 3.81. The number of rotatable bonds is 4. The number of carbonyl (C=O) groups is 3. The van der Waals surface area contributed by atoms with Crippen LogP contribution in [0.1, 0.15) is 98.0 Å². The Kier molecular flexibility index (Phi) is 14.1. The van der Waals surface area contributed by atoms with E-state index in [1.807, 2.05) is 40.7 Å². The zero-order valence-electron chi connectivity index (χ0n) is 42.2. The standard InChI is InChI=1S/C52H71N5O12/c1-27(2)26-56-19-17-52(18-20-56)54-38-35-36-41(58)31(6)46-37(35)47(60)51(11,69-46)65-23-16-34(63-12)30(5)44(66-49(62)57-21-24-64-25-22-57)33(8)45-32(7)43(67-50(9,10)68-45)28(3)14-13-15-29(4)48(61)53-40(42(36)59)39(38)55-52/h13-16,23,27-28,30,32-34,43-45,54,58-59H,17-22,24-26H2,1-12H3/b14-13+,23-16+,29-15-,53-40?/t28-,30+,32+,33-,34-,43-,44+,45+,51-/m0/s1. The number of nitrogens with one attached hydrogen (secondary N) is 1. The largest absolute Gasteiger partial charge is 0.507 e. The van der Waals surface area contributed by atoms with E-state index in [2.05, 4.69) is 36.0 Å². The Morgan fingerprint density at radius 3 is 2.26 bits per heavy atom. The molecule has 7 aliphatic rings. The fourth-order valence-electron chi connectivity index (χ4n) is 11.1. The molecule has 2 aromatic rings. The lowest BCUT2D eigenvalue weighted by Gasteiger charge is -2.50. The third-order valence-corrected chi connectivity index (χ3v) is 14.9. The maximum Gasteiger partial charge on any atom is 0.410 e. The van der Waals surface area contributed by atoms with Gasteiger partial charge in [-0.25, -0.2) is 9.79 Å². The highest BCUT2D eigenvalue weighted by Gasteiger charge is 2.52. The number of hydrogen-bond donors (Lipinski definition) is 3. The summed E-state index contributed by atoms with van der Waals surface area (Å²) in [5, 5.41) is 28.1. The van der Waals surface area contributed by atoms with E-state index in [4.69, 9.17) is 38.2 Å². The highest BCUT2D eigenvalue weighted by molar-refractivity contribution is 6.21. The van der Waals surface area contributed by atoms with Crippen molar-refractivity contribution in [2.45, 2.75) is 131 Å². The monoisotopic (exact) mass is 958 g/mol. The summed E-state index contributed by atoms with van der Waals surface area (Å²) in [7, 11) is 1.55. The molecular formula is C52H71N5O12. The number of phenolic OH excluding ortho intramolecular Hbond substituents is 2. The number of fused-ring (bicyclic) bond motifs is 9. The minimum absolute atomic E-state index is 0.0676. The zero-order valence-corrected chi connectivity index (χ0v) is 42.2. The molecule has 2 aromatic carbocycles. The Balaban J connectivity index is 1.27. The van der Waals surface area contributed by atoms with Gasteiger partial charge in [0.25, 0.3) is 11.7 Å². The summed E-state index contributed by atoms with van der Waals surface area (Å²) in [6.45, 7) is 24.8. The summed E-state index contributed by atoms with van der Waals surface area (Å²) < 4.78 is 44.1. The van der Waals surface area contributed by atoms with Crippen LogP contribution in [0.4, 0.5) is 10.5 Å². The van der Waals surface area contributed by atoms with Crippen LogP contribution in [0.25, 0.3) is 10.8 Å². The number of aromatic hydroxyl groups is 2. The van der Waals surface area contributed by atoms with Crippen LogP contribution in [0.5, 0.6) is 17.2 Å². The van der Waals surface area contributed by atoms with Gasteiger partial charge in [-0.3, -0.25) is 14.6 Å². The van der Waals surface area contributed by atoms with Crippen LogP contribution in [0.2, 0.25) is 0 Å². The Morgan fingerprint density at radius 1 is 0.913 bits per heavy atom. The molecule has 1 spiro atoms. The lowest BCUT2D eigenvalue weighted by molar-refractivity contribution is -0.336. The van der Waals surface area contributed by atoms with E-state index in [-0.39, 0.29) is 73.5 Å². The molecule has 9 rings (SSSR count). The number of nitrogens with zero attached hydrogens (tertiary/aromatic N) is 4. The van der Waals surface area contributed by atoms with E-state index < -0.39 is 65.0 Å². The quantitative estimate of drug-likeness (QED) is 0.283. The fourth-order valence-corrected chi connectivity index (χ4v) is 11.1. The Bertz CT molecular complexity index is 2580. The smallest absolute Gasteiger partial charge is 0.410 e. The molecule has 0 saturated carbocycles. The minimum Gasteiger partial charge on any atom is -0.507 e. The van der Waals surface area contributed by atoms with Crippen molar-refractivity contribution >= 4 is 34.2 Å². The maximum atomic E-state index is 15.0. The van der Waals surface area contributed by atoms with Gasteiger partial charge in [-0.2, -0.15) is 0 Å². The summed E-state index contributed by atoms with van der Waals surface area (Å²) in [5.41, 5.74) is 0.0478. The molecule has 17 heteroatoms. The summed E-state index contributed by atoms with van der Waals surface area (Å²) in [6, 6.07) is 0. The number of allylic oxidation sites excluding steroid dienone is 2. The van der Waals surface area contributed by atoms with Gasteiger partial charge in [-0.1, -0.05) is 59.8 Å². The van der Waals surface area contributed by atoms with Crippen LogP contribution >= 0.6 is 0 Å². The second-order valence-electron chi connectivity index (χ2n) is 20.9. The maximum absolute atomic E-state index is 15.0. The molecule has 0 radical (unpaired) electrons. The van der Waals surface area contributed by atoms with Gasteiger partial charge < -0.3 is 58.5 Å². The Labute approximate surface area is 404 Å².